The Morgan fingerprint density at radius 3 is 2.37 bits per heavy atom. The maximum atomic E-state index is 13.0. The molecule has 0 bridgehead atoms. The van der Waals surface area contributed by atoms with E-state index in [1.165, 1.54) is 30.3 Å². The number of carbonyl (C=O) groups excluding carboxylic acids is 1. The Hall–Kier alpha value is -3.79. The fourth-order valence-electron chi connectivity index (χ4n) is 3.74. The van der Waals surface area contributed by atoms with Gasteiger partial charge in [-0.15, -0.1) is 0 Å². The van der Waals surface area contributed by atoms with Gasteiger partial charge in [0.1, 0.15) is 11.3 Å². The summed E-state index contributed by atoms with van der Waals surface area (Å²) in [6.45, 7) is 5.02. The van der Waals surface area contributed by atoms with Crippen molar-refractivity contribution < 1.29 is 30.8 Å². The molecule has 1 heterocycles. The van der Waals surface area contributed by atoms with Gasteiger partial charge in [-0.05, 0) is 74.4 Å². The molecule has 6 nitrogen and oxygen atoms in total. The van der Waals surface area contributed by atoms with Crippen LogP contribution in [0.2, 0.25) is 0 Å². The molecule has 0 aliphatic carbocycles. The number of anilines is 2. The van der Waals surface area contributed by atoms with E-state index in [0.717, 1.165) is 17.7 Å². The molecular weight excluding hydrogens is 481 g/mol. The van der Waals surface area contributed by atoms with Gasteiger partial charge in [-0.1, -0.05) is 18.2 Å². The Kier molecular flexibility index (Phi) is 6.10. The molecule has 0 atom stereocenters. The second-order valence-electron chi connectivity index (χ2n) is 8.15. The van der Waals surface area contributed by atoms with E-state index in [1.807, 2.05) is 6.07 Å². The number of carbonyl (C=O) groups is 1. The van der Waals surface area contributed by atoms with Crippen LogP contribution >= 0.6 is 0 Å². The highest BCUT2D eigenvalue weighted by atomic mass is 32.2. The van der Waals surface area contributed by atoms with Crippen LogP contribution < -0.4 is 10.0 Å². The first-order valence-corrected chi connectivity index (χ1v) is 12.0. The third-order valence-electron chi connectivity index (χ3n) is 5.42. The number of furan rings is 1. The maximum Gasteiger partial charge on any atom is 0.416 e. The van der Waals surface area contributed by atoms with Crippen molar-refractivity contribution in [2.75, 3.05) is 10.0 Å². The topological polar surface area (TPSA) is 88.4 Å². The minimum Gasteiger partial charge on any atom is -0.461 e. The predicted molar refractivity (Wildman–Crippen MR) is 127 cm³/mol. The van der Waals surface area contributed by atoms with Crippen LogP contribution in [0.4, 0.5) is 24.5 Å². The third kappa shape index (κ3) is 5.02. The lowest BCUT2D eigenvalue weighted by Crippen LogP contribution is -2.15. The molecule has 3 aromatic carbocycles. The molecule has 0 aliphatic rings. The molecule has 2 N–H and O–H groups in total. The van der Waals surface area contributed by atoms with Crippen LogP contribution in [0, 0.1) is 20.8 Å². The summed E-state index contributed by atoms with van der Waals surface area (Å²) in [6.07, 6.45) is -4.55. The van der Waals surface area contributed by atoms with Crippen LogP contribution in [0.1, 0.15) is 32.8 Å². The highest BCUT2D eigenvalue weighted by molar-refractivity contribution is 7.92. The first kappa shape index (κ1) is 24.3. The average Bonchev–Trinajstić information content (AvgIpc) is 3.09. The molecule has 10 heteroatoms. The van der Waals surface area contributed by atoms with Gasteiger partial charge >= 0.3 is 6.18 Å². The standard InChI is InChI=1S/C25H21F3N2O4S/c1-14-7-8-15(2)22(11-14)35(32,33)30-19-9-10-21-20(13-19)23(16(3)34-21)24(31)29-18-6-4-5-17(12-18)25(26,27)28/h4-13,30H,1-3H3,(H,29,31). The Morgan fingerprint density at radius 1 is 0.914 bits per heavy atom. The fraction of sp³-hybridized carbons (Fsp3) is 0.160. The molecule has 4 aromatic rings. The molecule has 0 unspecified atom stereocenters. The van der Waals surface area contributed by atoms with Gasteiger partial charge in [0.05, 0.1) is 16.0 Å². The van der Waals surface area contributed by atoms with E-state index in [-0.39, 0.29) is 27.6 Å². The Labute approximate surface area is 199 Å². The van der Waals surface area contributed by atoms with E-state index in [0.29, 0.717) is 16.5 Å². The minimum absolute atomic E-state index is 0.0367. The average molecular weight is 503 g/mol. The molecule has 0 saturated heterocycles. The van der Waals surface area contributed by atoms with E-state index in [2.05, 4.69) is 10.0 Å². The van der Waals surface area contributed by atoms with Crippen molar-refractivity contribution in [2.45, 2.75) is 31.8 Å². The number of benzene rings is 3. The van der Waals surface area contributed by atoms with Crippen molar-refractivity contribution in [2.24, 2.45) is 0 Å². The van der Waals surface area contributed by atoms with Crippen LogP contribution in [0.5, 0.6) is 0 Å². The molecule has 0 aliphatic heterocycles. The van der Waals surface area contributed by atoms with Gasteiger partial charge in [0.15, 0.2) is 0 Å². The molecule has 35 heavy (non-hydrogen) atoms. The number of sulfonamides is 1. The summed E-state index contributed by atoms with van der Waals surface area (Å²) < 4.78 is 73.2. The number of rotatable bonds is 5. The molecule has 0 saturated carbocycles. The molecule has 0 fully saturated rings. The van der Waals surface area contributed by atoms with Crippen LogP contribution in [-0.4, -0.2) is 14.3 Å². The largest absolute Gasteiger partial charge is 0.461 e. The Bertz CT molecular complexity index is 1560. The third-order valence-corrected chi connectivity index (χ3v) is 6.95. The second kappa shape index (κ2) is 8.77. The maximum absolute atomic E-state index is 13.0. The number of halogens is 3. The first-order valence-electron chi connectivity index (χ1n) is 10.5. The summed E-state index contributed by atoms with van der Waals surface area (Å²) in [6, 6.07) is 13.8. The number of fused-ring (bicyclic) bond motifs is 1. The zero-order valence-electron chi connectivity index (χ0n) is 18.9. The number of alkyl halides is 3. The van der Waals surface area contributed by atoms with E-state index in [9.17, 15) is 26.4 Å². The summed E-state index contributed by atoms with van der Waals surface area (Å²) in [5.74, 6) is -0.450. The number of aryl methyl sites for hydroxylation is 3. The predicted octanol–water partition coefficient (Wildman–Crippen LogP) is 6.43. The van der Waals surface area contributed by atoms with Crippen molar-refractivity contribution in [3.8, 4) is 0 Å². The highest BCUT2D eigenvalue weighted by Crippen LogP contribution is 2.32. The highest BCUT2D eigenvalue weighted by Gasteiger charge is 2.30. The zero-order valence-corrected chi connectivity index (χ0v) is 19.8. The molecule has 1 aromatic heterocycles. The summed E-state index contributed by atoms with van der Waals surface area (Å²) in [5, 5.41) is 2.77. The van der Waals surface area contributed by atoms with Crippen LogP contribution in [0.15, 0.2) is 70.0 Å². The normalized spacial score (nSPS) is 12.1. The summed E-state index contributed by atoms with van der Waals surface area (Å²) in [7, 11) is -3.92. The Balaban J connectivity index is 1.67. The summed E-state index contributed by atoms with van der Waals surface area (Å²) in [5.41, 5.74) is 1.04. The van der Waals surface area contributed by atoms with Crippen LogP contribution in [-0.2, 0) is 16.2 Å². The quantitative estimate of drug-likeness (QED) is 0.329. The Morgan fingerprint density at radius 2 is 1.66 bits per heavy atom. The second-order valence-corrected chi connectivity index (χ2v) is 9.80. The molecular formula is C25H21F3N2O4S. The number of hydrogen-bond acceptors (Lipinski definition) is 4. The van der Waals surface area contributed by atoms with Gasteiger partial charge in [-0.3, -0.25) is 9.52 Å². The fourth-order valence-corrected chi connectivity index (χ4v) is 5.12. The smallest absolute Gasteiger partial charge is 0.416 e. The molecule has 1 amide bonds. The van der Waals surface area contributed by atoms with Gasteiger partial charge in [0, 0.05) is 16.8 Å². The summed E-state index contributed by atoms with van der Waals surface area (Å²) >= 11 is 0. The monoisotopic (exact) mass is 502 g/mol. The lowest BCUT2D eigenvalue weighted by Gasteiger charge is -2.12. The lowest BCUT2D eigenvalue weighted by molar-refractivity contribution is -0.137. The van der Waals surface area contributed by atoms with E-state index >= 15 is 0 Å². The van der Waals surface area contributed by atoms with Gasteiger partial charge in [-0.25, -0.2) is 8.42 Å². The van der Waals surface area contributed by atoms with Crippen LogP contribution in [0.25, 0.3) is 11.0 Å². The molecule has 0 radical (unpaired) electrons. The van der Waals surface area contributed by atoms with Gasteiger partial charge in [0.2, 0.25) is 0 Å². The van der Waals surface area contributed by atoms with Gasteiger partial charge in [0.25, 0.3) is 15.9 Å². The van der Waals surface area contributed by atoms with Gasteiger partial charge in [-0.2, -0.15) is 13.2 Å². The van der Waals surface area contributed by atoms with Crippen molar-refractivity contribution >= 4 is 38.3 Å². The van der Waals surface area contributed by atoms with E-state index < -0.39 is 27.7 Å². The van der Waals surface area contributed by atoms with Crippen molar-refractivity contribution in [3.63, 3.8) is 0 Å². The number of hydrogen-bond donors (Lipinski definition) is 2. The lowest BCUT2D eigenvalue weighted by atomic mass is 10.1. The van der Waals surface area contributed by atoms with Crippen molar-refractivity contribution in [1.82, 2.24) is 0 Å². The number of nitrogens with one attached hydrogen (secondary N) is 2. The first-order chi connectivity index (χ1) is 16.3. The summed E-state index contributed by atoms with van der Waals surface area (Å²) in [4.78, 5) is 13.1. The minimum atomic E-state index is -4.55. The number of amides is 1. The molecule has 0 spiro atoms. The zero-order chi connectivity index (χ0) is 25.5. The van der Waals surface area contributed by atoms with E-state index in [1.54, 1.807) is 32.9 Å². The van der Waals surface area contributed by atoms with Crippen molar-refractivity contribution in [1.29, 1.82) is 0 Å². The SMILES string of the molecule is Cc1ccc(C)c(S(=O)(=O)Nc2ccc3oc(C)c(C(=O)Nc4cccc(C(F)(F)F)c4)c3c2)c1. The van der Waals surface area contributed by atoms with E-state index in [4.69, 9.17) is 4.42 Å². The van der Waals surface area contributed by atoms with Crippen molar-refractivity contribution in [3.05, 3.63) is 88.7 Å². The van der Waals surface area contributed by atoms with Crippen LogP contribution in [0.3, 0.4) is 0 Å². The molecule has 182 valence electrons. The van der Waals surface area contributed by atoms with Gasteiger partial charge < -0.3 is 9.73 Å². The molecule has 4 rings (SSSR count).